The van der Waals surface area contributed by atoms with Crippen LogP contribution in [-0.4, -0.2) is 37.7 Å². The normalized spacial score (nSPS) is 12.1. The number of aryl methyl sites for hydroxylation is 1. The molecule has 1 atom stereocenters. The molecule has 9 heteroatoms. The minimum Gasteiger partial charge on any atom is -0.479 e. The third kappa shape index (κ3) is 3.49. The number of nitrogens with two attached hydrogens (primary N) is 1. The molecular weight excluding hydrogens is 370 g/mol. The highest BCUT2D eigenvalue weighted by Crippen LogP contribution is 2.30. The lowest BCUT2D eigenvalue weighted by atomic mass is 10.2. The van der Waals surface area contributed by atoms with Crippen LogP contribution in [0.4, 0.5) is 5.82 Å². The number of fused-ring (bicyclic) bond motifs is 1. The van der Waals surface area contributed by atoms with Crippen LogP contribution in [0.1, 0.15) is 29.2 Å². The van der Waals surface area contributed by atoms with Crippen molar-refractivity contribution in [3.63, 3.8) is 0 Å². The zero-order chi connectivity index (χ0) is 20.5. The molecule has 0 saturated carbocycles. The molecule has 9 nitrogen and oxygen atoms in total. The van der Waals surface area contributed by atoms with Gasteiger partial charge in [-0.1, -0.05) is 6.07 Å². The Morgan fingerprint density at radius 2 is 2.17 bits per heavy atom. The van der Waals surface area contributed by atoms with Crippen LogP contribution in [0.25, 0.3) is 22.3 Å². The summed E-state index contributed by atoms with van der Waals surface area (Å²) in [7, 11) is 3.44. The van der Waals surface area contributed by atoms with Crippen LogP contribution in [0, 0.1) is 0 Å². The highest BCUT2D eigenvalue weighted by molar-refractivity contribution is 6.04. The number of hydrogen-bond donors (Lipinski definition) is 3. The van der Waals surface area contributed by atoms with Crippen LogP contribution in [0.5, 0.6) is 5.75 Å². The summed E-state index contributed by atoms with van der Waals surface area (Å²) in [4.78, 5) is 24.1. The Morgan fingerprint density at radius 3 is 2.90 bits per heavy atom. The maximum absolute atomic E-state index is 12.1. The van der Waals surface area contributed by atoms with Crippen molar-refractivity contribution in [3.05, 3.63) is 54.1 Å². The van der Waals surface area contributed by atoms with Crippen molar-refractivity contribution < 1.29 is 9.53 Å². The number of para-hydroxylation sites is 1. The second-order valence-electron chi connectivity index (χ2n) is 6.65. The standard InChI is InChI=1S/C20H21N7O2/c1-11(19-24-15-6-4-5-13(17(15)25-19)20(28)22-2)29-16-9-12(10-23-18(16)21)14-7-8-27(3)26-14/h4-11H,1-3H3,(H2,21,23)(H,22,28)(H,24,25). The highest BCUT2D eigenvalue weighted by atomic mass is 16.5. The number of imidazole rings is 1. The first-order valence-corrected chi connectivity index (χ1v) is 9.09. The van der Waals surface area contributed by atoms with E-state index in [9.17, 15) is 4.79 Å². The Balaban J connectivity index is 1.64. The highest BCUT2D eigenvalue weighted by Gasteiger charge is 2.18. The van der Waals surface area contributed by atoms with E-state index in [1.807, 2.05) is 32.3 Å². The fourth-order valence-electron chi connectivity index (χ4n) is 3.07. The summed E-state index contributed by atoms with van der Waals surface area (Å²) in [5.74, 6) is 1.10. The van der Waals surface area contributed by atoms with E-state index in [2.05, 4.69) is 25.4 Å². The number of ether oxygens (including phenoxy) is 1. The Labute approximate surface area is 166 Å². The molecule has 4 rings (SSSR count). The number of H-pyrrole nitrogens is 1. The number of nitrogens with zero attached hydrogens (tertiary/aromatic N) is 4. The number of carbonyl (C=O) groups excluding carboxylic acids is 1. The summed E-state index contributed by atoms with van der Waals surface area (Å²) in [6.45, 7) is 1.85. The van der Waals surface area contributed by atoms with Crippen LogP contribution in [-0.2, 0) is 7.05 Å². The Hall–Kier alpha value is -3.88. The molecule has 4 aromatic rings. The molecule has 1 aromatic carbocycles. The van der Waals surface area contributed by atoms with E-state index in [0.29, 0.717) is 22.7 Å². The molecule has 1 unspecified atom stereocenters. The van der Waals surface area contributed by atoms with E-state index in [0.717, 1.165) is 16.8 Å². The number of benzene rings is 1. The zero-order valence-corrected chi connectivity index (χ0v) is 16.3. The predicted octanol–water partition coefficient (Wildman–Crippen LogP) is 2.44. The number of carbonyl (C=O) groups is 1. The minimum atomic E-state index is -0.442. The number of pyridine rings is 1. The summed E-state index contributed by atoms with van der Waals surface area (Å²) in [6, 6.07) is 9.09. The molecule has 0 radical (unpaired) electrons. The van der Waals surface area contributed by atoms with Gasteiger partial charge in [0.1, 0.15) is 11.3 Å². The van der Waals surface area contributed by atoms with E-state index in [1.54, 1.807) is 36.1 Å². The van der Waals surface area contributed by atoms with E-state index in [-0.39, 0.29) is 11.7 Å². The lowest BCUT2D eigenvalue weighted by Crippen LogP contribution is -2.18. The number of nitrogen functional groups attached to an aromatic ring is 1. The largest absolute Gasteiger partial charge is 0.479 e. The lowest BCUT2D eigenvalue weighted by molar-refractivity contribution is 0.0964. The van der Waals surface area contributed by atoms with Crippen LogP contribution in [0.3, 0.4) is 0 Å². The van der Waals surface area contributed by atoms with Gasteiger partial charge in [0.25, 0.3) is 5.91 Å². The van der Waals surface area contributed by atoms with Crippen LogP contribution in [0.15, 0.2) is 42.7 Å². The van der Waals surface area contributed by atoms with E-state index in [4.69, 9.17) is 10.5 Å². The fourth-order valence-corrected chi connectivity index (χ4v) is 3.07. The fraction of sp³-hybridized carbons (Fsp3) is 0.200. The average molecular weight is 391 g/mol. The van der Waals surface area contributed by atoms with E-state index in [1.165, 1.54) is 0 Å². The summed E-state index contributed by atoms with van der Waals surface area (Å²) < 4.78 is 7.76. The molecule has 0 saturated heterocycles. The van der Waals surface area contributed by atoms with Crippen molar-refractivity contribution in [2.45, 2.75) is 13.0 Å². The molecule has 29 heavy (non-hydrogen) atoms. The van der Waals surface area contributed by atoms with E-state index < -0.39 is 6.10 Å². The summed E-state index contributed by atoms with van der Waals surface area (Å²) in [5.41, 5.74) is 9.43. The van der Waals surface area contributed by atoms with Gasteiger partial charge >= 0.3 is 0 Å². The molecule has 4 N–H and O–H groups in total. The van der Waals surface area contributed by atoms with Crippen molar-refractivity contribution in [2.24, 2.45) is 7.05 Å². The molecule has 0 bridgehead atoms. The first-order valence-electron chi connectivity index (χ1n) is 9.09. The van der Waals surface area contributed by atoms with Gasteiger partial charge in [0, 0.05) is 32.1 Å². The molecule has 148 valence electrons. The number of amides is 1. The number of hydrogen-bond acceptors (Lipinski definition) is 6. The number of aromatic nitrogens is 5. The van der Waals surface area contributed by atoms with Crippen molar-refractivity contribution >= 4 is 22.8 Å². The zero-order valence-electron chi connectivity index (χ0n) is 16.3. The molecule has 3 heterocycles. The van der Waals surface area contributed by atoms with Crippen molar-refractivity contribution in [1.29, 1.82) is 0 Å². The predicted molar refractivity (Wildman–Crippen MR) is 109 cm³/mol. The van der Waals surface area contributed by atoms with Gasteiger partial charge in [-0.25, -0.2) is 9.97 Å². The Morgan fingerprint density at radius 1 is 1.34 bits per heavy atom. The van der Waals surface area contributed by atoms with Gasteiger partial charge < -0.3 is 20.8 Å². The van der Waals surface area contributed by atoms with Gasteiger partial charge in [-0.2, -0.15) is 5.10 Å². The van der Waals surface area contributed by atoms with Gasteiger partial charge in [-0.05, 0) is 31.2 Å². The first kappa shape index (κ1) is 18.5. The summed E-state index contributed by atoms with van der Waals surface area (Å²) >= 11 is 0. The first-order chi connectivity index (χ1) is 14.0. The van der Waals surface area contributed by atoms with Crippen LogP contribution in [0.2, 0.25) is 0 Å². The smallest absolute Gasteiger partial charge is 0.253 e. The second kappa shape index (κ2) is 7.27. The minimum absolute atomic E-state index is 0.196. The molecule has 3 aromatic heterocycles. The maximum atomic E-state index is 12.1. The molecule has 0 spiro atoms. The second-order valence-corrected chi connectivity index (χ2v) is 6.65. The monoisotopic (exact) mass is 391 g/mol. The average Bonchev–Trinajstić information content (AvgIpc) is 3.35. The lowest BCUT2D eigenvalue weighted by Gasteiger charge is -2.14. The SMILES string of the molecule is CNC(=O)c1cccc2[nH]c(C(C)Oc3cc(-c4ccn(C)n4)cnc3N)nc12. The number of anilines is 1. The van der Waals surface area contributed by atoms with E-state index >= 15 is 0 Å². The molecule has 0 aliphatic carbocycles. The van der Waals surface area contributed by atoms with Gasteiger partial charge in [0.2, 0.25) is 0 Å². The molecular formula is C20H21N7O2. The number of aromatic amines is 1. The third-order valence-corrected chi connectivity index (χ3v) is 4.58. The summed E-state index contributed by atoms with van der Waals surface area (Å²) in [5, 5.41) is 7.00. The van der Waals surface area contributed by atoms with Crippen molar-refractivity contribution in [3.8, 4) is 17.0 Å². The molecule has 0 aliphatic heterocycles. The van der Waals surface area contributed by atoms with Crippen molar-refractivity contribution in [2.75, 3.05) is 12.8 Å². The third-order valence-electron chi connectivity index (χ3n) is 4.58. The Kier molecular flexibility index (Phi) is 4.63. The summed E-state index contributed by atoms with van der Waals surface area (Å²) in [6.07, 6.45) is 3.07. The van der Waals surface area contributed by atoms with Crippen LogP contribution < -0.4 is 15.8 Å². The molecule has 0 fully saturated rings. The van der Waals surface area contributed by atoms with Crippen LogP contribution >= 0.6 is 0 Å². The molecule has 1 amide bonds. The quantitative estimate of drug-likeness (QED) is 0.480. The number of nitrogens with one attached hydrogen (secondary N) is 2. The van der Waals surface area contributed by atoms with Gasteiger partial charge in [-0.15, -0.1) is 0 Å². The topological polar surface area (TPSA) is 124 Å². The van der Waals surface area contributed by atoms with Gasteiger partial charge in [0.05, 0.1) is 16.8 Å². The van der Waals surface area contributed by atoms with Crippen molar-refractivity contribution in [1.82, 2.24) is 30.0 Å². The Bertz CT molecular complexity index is 1190. The van der Waals surface area contributed by atoms with Gasteiger partial charge in [-0.3, -0.25) is 9.48 Å². The van der Waals surface area contributed by atoms with Gasteiger partial charge in [0.15, 0.2) is 17.7 Å². The number of rotatable bonds is 5. The molecule has 0 aliphatic rings. The maximum Gasteiger partial charge on any atom is 0.253 e.